The van der Waals surface area contributed by atoms with E-state index in [9.17, 15) is 10.1 Å². The van der Waals surface area contributed by atoms with Gasteiger partial charge < -0.3 is 20.4 Å². The van der Waals surface area contributed by atoms with Gasteiger partial charge in [0.25, 0.3) is 0 Å². The minimum Gasteiger partial charge on any atom is -0.368 e. The molecule has 1 aliphatic rings. The van der Waals surface area contributed by atoms with E-state index in [1.807, 2.05) is 24.3 Å². The first-order valence-corrected chi connectivity index (χ1v) is 10.3. The van der Waals surface area contributed by atoms with Gasteiger partial charge in [0, 0.05) is 44.9 Å². The molecular weight excluding hydrogens is 404 g/mol. The molecular formula is C23H24N8O. The summed E-state index contributed by atoms with van der Waals surface area (Å²) in [6, 6.07) is 13.5. The molecule has 9 heteroatoms. The van der Waals surface area contributed by atoms with Crippen molar-refractivity contribution in [3.05, 3.63) is 54.4 Å². The maximum absolute atomic E-state index is 11.1. The molecule has 2 N–H and O–H groups in total. The van der Waals surface area contributed by atoms with E-state index in [4.69, 9.17) is 0 Å². The number of likely N-dealkylation sites (N-methyl/N-ethyl adjacent to an activating group) is 1. The number of amides is 1. The van der Waals surface area contributed by atoms with Gasteiger partial charge in [0.05, 0.1) is 28.8 Å². The Balaban J connectivity index is 1.52. The van der Waals surface area contributed by atoms with Crippen LogP contribution in [0.4, 0.5) is 23.1 Å². The number of carbonyl (C=O) groups is 1. The number of benzene rings is 1. The van der Waals surface area contributed by atoms with E-state index in [0.717, 1.165) is 37.4 Å². The molecule has 0 atom stereocenters. The summed E-state index contributed by atoms with van der Waals surface area (Å²) in [4.78, 5) is 28.7. The molecule has 0 aliphatic carbocycles. The number of piperazine rings is 1. The zero-order valence-corrected chi connectivity index (χ0v) is 18.0. The van der Waals surface area contributed by atoms with Gasteiger partial charge in [-0.1, -0.05) is 6.07 Å². The molecule has 4 rings (SSSR count). The Hall–Kier alpha value is -4.03. The van der Waals surface area contributed by atoms with Crippen LogP contribution >= 0.6 is 0 Å². The van der Waals surface area contributed by atoms with Crippen molar-refractivity contribution in [2.24, 2.45) is 0 Å². The minimum absolute atomic E-state index is 0.176. The molecule has 32 heavy (non-hydrogen) atoms. The van der Waals surface area contributed by atoms with Crippen LogP contribution < -0.4 is 15.5 Å². The van der Waals surface area contributed by atoms with Crippen molar-refractivity contribution in [2.75, 3.05) is 48.8 Å². The van der Waals surface area contributed by atoms with Crippen LogP contribution in [0.2, 0.25) is 0 Å². The molecule has 0 unspecified atom stereocenters. The lowest BCUT2D eigenvalue weighted by Gasteiger charge is -2.34. The monoisotopic (exact) mass is 428 g/mol. The third-order valence-corrected chi connectivity index (χ3v) is 5.24. The average Bonchev–Trinajstić information content (AvgIpc) is 2.80. The van der Waals surface area contributed by atoms with Crippen molar-refractivity contribution in [1.29, 1.82) is 5.26 Å². The van der Waals surface area contributed by atoms with Crippen molar-refractivity contribution in [3.63, 3.8) is 0 Å². The summed E-state index contributed by atoms with van der Waals surface area (Å²) in [6.45, 7) is 5.20. The van der Waals surface area contributed by atoms with Gasteiger partial charge in [-0.2, -0.15) is 5.26 Å². The molecule has 0 bridgehead atoms. The fourth-order valence-corrected chi connectivity index (χ4v) is 3.54. The van der Waals surface area contributed by atoms with Crippen molar-refractivity contribution >= 4 is 29.0 Å². The predicted octanol–water partition coefficient (Wildman–Crippen LogP) is 2.86. The molecule has 0 radical (unpaired) electrons. The van der Waals surface area contributed by atoms with Crippen molar-refractivity contribution < 1.29 is 4.79 Å². The molecule has 1 aliphatic heterocycles. The van der Waals surface area contributed by atoms with Crippen LogP contribution in [-0.2, 0) is 4.79 Å². The lowest BCUT2D eigenvalue weighted by molar-refractivity contribution is -0.114. The molecule has 0 saturated carbocycles. The van der Waals surface area contributed by atoms with E-state index in [0.29, 0.717) is 28.7 Å². The van der Waals surface area contributed by atoms with Gasteiger partial charge in [-0.3, -0.25) is 4.79 Å². The lowest BCUT2D eigenvalue weighted by atomic mass is 10.1. The molecule has 1 saturated heterocycles. The number of hydrogen-bond donors (Lipinski definition) is 2. The van der Waals surface area contributed by atoms with Crippen LogP contribution in [-0.4, -0.2) is 59.0 Å². The Labute approximate surface area is 186 Å². The third-order valence-electron chi connectivity index (χ3n) is 5.24. The number of pyridine rings is 1. The number of nitrogens with one attached hydrogen (secondary N) is 2. The fourth-order valence-electron chi connectivity index (χ4n) is 3.54. The molecule has 9 nitrogen and oxygen atoms in total. The standard InChI is InChI=1S/C23H24N8O/c1-16(32)27-22-6-4-19(15-26-22)28-23-25-8-7-20(29-23)17-3-5-21(18(13-17)14-24)31-11-9-30(2)10-12-31/h3-8,13,15H,9-12H2,1-2H3,(H,25,28,29)(H,26,27,32). The summed E-state index contributed by atoms with van der Waals surface area (Å²) < 4.78 is 0. The summed E-state index contributed by atoms with van der Waals surface area (Å²) in [7, 11) is 2.11. The first-order valence-electron chi connectivity index (χ1n) is 10.3. The number of carbonyl (C=O) groups excluding carboxylic acids is 1. The van der Waals surface area contributed by atoms with E-state index in [1.165, 1.54) is 6.92 Å². The number of nitriles is 1. The first kappa shape index (κ1) is 21.2. The molecule has 3 aromatic rings. The molecule has 1 amide bonds. The lowest BCUT2D eigenvalue weighted by Crippen LogP contribution is -2.44. The summed E-state index contributed by atoms with van der Waals surface area (Å²) in [5.41, 5.74) is 3.86. The summed E-state index contributed by atoms with van der Waals surface area (Å²) in [5.74, 6) is 0.713. The molecule has 2 aromatic heterocycles. The second kappa shape index (κ2) is 9.41. The van der Waals surface area contributed by atoms with Crippen molar-refractivity contribution in [2.45, 2.75) is 6.92 Å². The van der Waals surface area contributed by atoms with Crippen LogP contribution in [0.1, 0.15) is 12.5 Å². The largest absolute Gasteiger partial charge is 0.368 e. The second-order valence-electron chi connectivity index (χ2n) is 7.64. The van der Waals surface area contributed by atoms with Gasteiger partial charge in [-0.05, 0) is 37.4 Å². The van der Waals surface area contributed by atoms with Gasteiger partial charge in [0.2, 0.25) is 11.9 Å². The van der Waals surface area contributed by atoms with E-state index < -0.39 is 0 Å². The maximum Gasteiger partial charge on any atom is 0.227 e. The van der Waals surface area contributed by atoms with Gasteiger partial charge in [0.15, 0.2) is 0 Å². The Kier molecular flexibility index (Phi) is 6.24. The van der Waals surface area contributed by atoms with Gasteiger partial charge in [-0.25, -0.2) is 15.0 Å². The Morgan fingerprint density at radius 3 is 2.59 bits per heavy atom. The predicted molar refractivity (Wildman–Crippen MR) is 124 cm³/mol. The van der Waals surface area contributed by atoms with E-state index in [2.05, 4.69) is 48.5 Å². The molecule has 1 aromatic carbocycles. The topological polar surface area (TPSA) is 110 Å². The van der Waals surface area contributed by atoms with Gasteiger partial charge in [0.1, 0.15) is 11.9 Å². The molecule has 3 heterocycles. The first-order chi connectivity index (χ1) is 15.5. The number of aromatic nitrogens is 3. The van der Waals surface area contributed by atoms with Crippen LogP contribution in [0.15, 0.2) is 48.8 Å². The smallest absolute Gasteiger partial charge is 0.227 e. The highest BCUT2D eigenvalue weighted by molar-refractivity contribution is 5.87. The average molecular weight is 429 g/mol. The number of hydrogen-bond acceptors (Lipinski definition) is 8. The Morgan fingerprint density at radius 2 is 1.91 bits per heavy atom. The number of rotatable bonds is 5. The highest BCUT2D eigenvalue weighted by Crippen LogP contribution is 2.27. The Morgan fingerprint density at radius 1 is 1.09 bits per heavy atom. The fraction of sp³-hybridized carbons (Fsp3) is 0.261. The van der Waals surface area contributed by atoms with Crippen molar-refractivity contribution in [3.8, 4) is 17.3 Å². The second-order valence-corrected chi connectivity index (χ2v) is 7.64. The Bertz CT molecular complexity index is 1150. The quantitative estimate of drug-likeness (QED) is 0.638. The normalized spacial score (nSPS) is 14.0. The van der Waals surface area contributed by atoms with E-state index >= 15 is 0 Å². The molecule has 0 spiro atoms. The summed E-state index contributed by atoms with van der Waals surface area (Å²) in [6.07, 6.45) is 3.27. The molecule has 1 fully saturated rings. The third kappa shape index (κ3) is 4.99. The van der Waals surface area contributed by atoms with Gasteiger partial charge >= 0.3 is 0 Å². The highest BCUT2D eigenvalue weighted by Gasteiger charge is 2.18. The van der Waals surface area contributed by atoms with Crippen LogP contribution in [0.3, 0.4) is 0 Å². The minimum atomic E-state index is -0.176. The van der Waals surface area contributed by atoms with Crippen LogP contribution in [0, 0.1) is 11.3 Å². The summed E-state index contributed by atoms with van der Waals surface area (Å²) in [5, 5.41) is 15.5. The van der Waals surface area contributed by atoms with Crippen molar-refractivity contribution in [1.82, 2.24) is 19.9 Å². The van der Waals surface area contributed by atoms with Gasteiger partial charge in [-0.15, -0.1) is 0 Å². The zero-order valence-electron chi connectivity index (χ0n) is 18.0. The SMILES string of the molecule is CC(=O)Nc1ccc(Nc2nccc(-c3ccc(N4CCN(C)CC4)c(C#N)c3)n2)cn1. The number of nitrogens with zero attached hydrogens (tertiary/aromatic N) is 6. The molecule has 162 valence electrons. The van der Waals surface area contributed by atoms with Crippen LogP contribution in [0.25, 0.3) is 11.3 Å². The maximum atomic E-state index is 11.1. The van der Waals surface area contributed by atoms with E-state index in [1.54, 1.807) is 24.5 Å². The number of anilines is 4. The van der Waals surface area contributed by atoms with Crippen LogP contribution in [0.5, 0.6) is 0 Å². The highest BCUT2D eigenvalue weighted by atomic mass is 16.1. The zero-order chi connectivity index (χ0) is 22.5. The van der Waals surface area contributed by atoms with E-state index in [-0.39, 0.29) is 5.91 Å². The summed E-state index contributed by atoms with van der Waals surface area (Å²) >= 11 is 0.